The van der Waals surface area contributed by atoms with E-state index in [4.69, 9.17) is 29.7 Å². The summed E-state index contributed by atoms with van der Waals surface area (Å²) in [6.07, 6.45) is 17.2. The molecule has 12 rings (SSSR count). The quantitative estimate of drug-likeness (QED) is 0.143. The maximum atomic E-state index is 13.3. The molecule has 0 bridgehead atoms. The number of likely N-dealkylation sites (tertiary alicyclic amines) is 1. The van der Waals surface area contributed by atoms with Crippen molar-refractivity contribution in [3.8, 4) is 35.1 Å². The van der Waals surface area contributed by atoms with Crippen LogP contribution in [-0.4, -0.2) is 98.0 Å². The molecule has 350 valence electrons. The summed E-state index contributed by atoms with van der Waals surface area (Å²) in [7, 11) is 0. The Morgan fingerprint density at radius 3 is 2.46 bits per heavy atom. The molecule has 7 aliphatic rings. The molecule has 18 heteroatoms. The molecule has 4 aliphatic heterocycles. The van der Waals surface area contributed by atoms with Crippen LogP contribution in [0.25, 0.3) is 11.5 Å². The molecule has 3 aliphatic carbocycles. The standard InChI is InChI=1S/C50H53N11O6S/c51-23-35-41-37(68-44(35)52)4-2-10-50(41)9-1-3-34-42(58-67-43(34)50)45-56-39(22-40(57-45)66-32-24-53-29-54-25-32)65-28-49(11-12-49)27-59-17-13-48(14-18-59)15-19-60(20-16-48)31-5-6-33-30(21-31)26-61(47(33)64)36-7-8-38(62)55-46(36)63/h5-6,21-22,24-25,29,36H,1-4,7-20,26-28,52H2,(H,55,62,63)/t36?,50-/m0/s1. The first-order valence-corrected chi connectivity index (χ1v) is 24.9. The number of piperidine rings is 3. The van der Waals surface area contributed by atoms with Gasteiger partial charge in [0.2, 0.25) is 23.6 Å². The predicted molar refractivity (Wildman–Crippen MR) is 249 cm³/mol. The van der Waals surface area contributed by atoms with Crippen molar-refractivity contribution in [2.24, 2.45) is 10.8 Å². The lowest BCUT2D eigenvalue weighted by Gasteiger charge is -2.48. The minimum Gasteiger partial charge on any atom is -0.477 e. The monoisotopic (exact) mass is 935 g/mol. The summed E-state index contributed by atoms with van der Waals surface area (Å²) in [5.41, 5.74) is 12.1. The summed E-state index contributed by atoms with van der Waals surface area (Å²) in [5.74, 6) is 1.47. The van der Waals surface area contributed by atoms with Crippen LogP contribution in [-0.2, 0) is 34.4 Å². The highest BCUT2D eigenvalue weighted by Crippen LogP contribution is 2.55. The second-order valence-electron chi connectivity index (χ2n) is 20.2. The first kappa shape index (κ1) is 42.9. The highest BCUT2D eigenvalue weighted by Gasteiger charge is 2.50. The van der Waals surface area contributed by atoms with Crippen molar-refractivity contribution in [2.45, 2.75) is 108 Å². The van der Waals surface area contributed by atoms with E-state index in [2.05, 4.69) is 42.4 Å². The first-order valence-electron chi connectivity index (χ1n) is 24.1. The summed E-state index contributed by atoms with van der Waals surface area (Å²) in [6, 6.07) is 9.60. The Kier molecular flexibility index (Phi) is 10.5. The number of benzene rings is 1. The molecule has 4 aromatic heterocycles. The summed E-state index contributed by atoms with van der Waals surface area (Å²) in [4.78, 5) is 63.5. The SMILES string of the molecule is N#Cc1c(N)sc2c1[C@@]1(CCC2)CCCc2c(-c3nc(OCC4(CN5CCC6(CC5)CCN(c5ccc7c(c5)CN(C5CCC(=O)NC5=O)C7=O)CC6)CC4)cc(Oc4cncnc4)n3)noc21. The molecule has 1 saturated carbocycles. The van der Waals surface area contributed by atoms with Crippen LogP contribution in [0.15, 0.2) is 47.5 Å². The number of anilines is 2. The average molecular weight is 936 g/mol. The molecular formula is C50H53N11O6S. The number of rotatable bonds is 10. The number of carbonyl (C=O) groups excluding carboxylic acids is 3. The van der Waals surface area contributed by atoms with E-state index in [1.165, 1.54) is 35.4 Å². The molecule has 2 atom stereocenters. The lowest BCUT2D eigenvalue weighted by Crippen LogP contribution is -2.52. The van der Waals surface area contributed by atoms with Crippen LogP contribution in [0.5, 0.6) is 17.5 Å². The van der Waals surface area contributed by atoms with Gasteiger partial charge in [0.15, 0.2) is 23.0 Å². The van der Waals surface area contributed by atoms with Crippen LogP contribution in [0.4, 0.5) is 10.7 Å². The third-order valence-corrected chi connectivity index (χ3v) is 17.2. The number of nitrogens with two attached hydrogens (primary N) is 1. The number of carbonyl (C=O) groups is 3. The number of imide groups is 1. The molecule has 0 radical (unpaired) electrons. The summed E-state index contributed by atoms with van der Waals surface area (Å²) in [5, 5.41) is 17.8. The molecule has 1 unspecified atom stereocenters. The second kappa shape index (κ2) is 16.7. The van der Waals surface area contributed by atoms with Crippen LogP contribution in [0.2, 0.25) is 0 Å². The molecule has 3 saturated heterocycles. The van der Waals surface area contributed by atoms with E-state index in [9.17, 15) is 19.6 Å². The Balaban J connectivity index is 0.701. The number of ether oxygens (including phenoxy) is 2. The Bertz CT molecular complexity index is 2870. The van der Waals surface area contributed by atoms with Gasteiger partial charge in [-0.3, -0.25) is 19.7 Å². The van der Waals surface area contributed by atoms with Crippen LogP contribution in [0.1, 0.15) is 120 Å². The van der Waals surface area contributed by atoms with Crippen molar-refractivity contribution in [1.82, 2.24) is 40.2 Å². The summed E-state index contributed by atoms with van der Waals surface area (Å²) >= 11 is 1.52. The highest BCUT2D eigenvalue weighted by atomic mass is 32.1. The van der Waals surface area contributed by atoms with Gasteiger partial charge >= 0.3 is 0 Å². The van der Waals surface area contributed by atoms with E-state index in [1.807, 2.05) is 12.1 Å². The van der Waals surface area contributed by atoms with Crippen molar-refractivity contribution >= 4 is 39.7 Å². The van der Waals surface area contributed by atoms with Crippen molar-refractivity contribution in [2.75, 3.05) is 50.0 Å². The van der Waals surface area contributed by atoms with Gasteiger partial charge in [-0.05, 0) is 131 Å². The number of fused-ring (bicyclic) bond motifs is 5. The Morgan fingerprint density at radius 1 is 0.926 bits per heavy atom. The number of nitriles is 1. The maximum absolute atomic E-state index is 13.3. The minimum absolute atomic E-state index is 0.0367. The molecule has 4 fully saturated rings. The van der Waals surface area contributed by atoms with E-state index in [0.717, 1.165) is 125 Å². The van der Waals surface area contributed by atoms with E-state index in [1.54, 1.807) is 23.4 Å². The van der Waals surface area contributed by atoms with Gasteiger partial charge in [0, 0.05) is 59.7 Å². The first-order chi connectivity index (χ1) is 33.1. The number of nitrogen functional groups attached to an aromatic ring is 1. The van der Waals surface area contributed by atoms with E-state index < -0.39 is 11.5 Å². The Morgan fingerprint density at radius 2 is 1.69 bits per heavy atom. The fourth-order valence-electron chi connectivity index (χ4n) is 12.2. The van der Waals surface area contributed by atoms with Gasteiger partial charge in [-0.15, -0.1) is 11.3 Å². The molecule has 17 nitrogen and oxygen atoms in total. The topological polar surface area (TPSA) is 219 Å². The number of hydrogen-bond acceptors (Lipinski definition) is 16. The molecule has 2 spiro atoms. The van der Waals surface area contributed by atoms with E-state index >= 15 is 0 Å². The number of nitrogens with zero attached hydrogens (tertiary/aromatic N) is 9. The number of amides is 3. The summed E-state index contributed by atoms with van der Waals surface area (Å²) < 4.78 is 19.1. The number of nitrogens with one attached hydrogen (secondary N) is 1. The zero-order valence-electron chi connectivity index (χ0n) is 37.9. The highest BCUT2D eigenvalue weighted by molar-refractivity contribution is 7.16. The average Bonchev–Trinajstić information content (AvgIpc) is 3.63. The molecule has 1 aromatic carbocycles. The van der Waals surface area contributed by atoms with E-state index in [0.29, 0.717) is 70.1 Å². The van der Waals surface area contributed by atoms with Crippen molar-refractivity contribution in [3.05, 3.63) is 81.4 Å². The molecule has 5 aromatic rings. The molecule has 8 heterocycles. The predicted octanol–water partition coefficient (Wildman–Crippen LogP) is 6.49. The van der Waals surface area contributed by atoms with Crippen molar-refractivity contribution in [1.29, 1.82) is 5.26 Å². The number of aryl methyl sites for hydroxylation is 1. The number of hydrogen-bond donors (Lipinski definition) is 2. The van der Waals surface area contributed by atoms with Gasteiger partial charge in [0.05, 0.1) is 36.0 Å². The zero-order valence-corrected chi connectivity index (χ0v) is 38.7. The molecular weight excluding hydrogens is 883 g/mol. The number of aromatic nitrogens is 5. The van der Waals surface area contributed by atoms with Crippen LogP contribution < -0.4 is 25.4 Å². The lowest BCUT2D eigenvalue weighted by atomic mass is 9.63. The fraction of sp³-hybridized carbons (Fsp3) is 0.500. The van der Waals surface area contributed by atoms with Crippen molar-refractivity contribution in [3.63, 3.8) is 0 Å². The van der Waals surface area contributed by atoms with Crippen LogP contribution in [0.3, 0.4) is 0 Å². The van der Waals surface area contributed by atoms with Crippen LogP contribution >= 0.6 is 11.3 Å². The van der Waals surface area contributed by atoms with Crippen molar-refractivity contribution < 1.29 is 28.4 Å². The third-order valence-electron chi connectivity index (χ3n) is 16.2. The maximum Gasteiger partial charge on any atom is 0.255 e. The van der Waals surface area contributed by atoms with Gasteiger partial charge < -0.3 is 34.4 Å². The minimum atomic E-state index is -0.610. The number of thiophene rings is 1. The summed E-state index contributed by atoms with van der Waals surface area (Å²) in [6.45, 7) is 5.93. The van der Waals surface area contributed by atoms with Gasteiger partial charge in [0.1, 0.15) is 23.4 Å². The normalized spacial score (nSPS) is 23.8. The van der Waals surface area contributed by atoms with Gasteiger partial charge in [-0.25, -0.2) is 9.97 Å². The van der Waals surface area contributed by atoms with Gasteiger partial charge in [-0.1, -0.05) is 5.16 Å². The molecule has 3 N–H and O–H groups in total. The van der Waals surface area contributed by atoms with Gasteiger partial charge in [0.25, 0.3) is 5.91 Å². The Hall–Kier alpha value is -6.45. The Labute approximate surface area is 397 Å². The molecule has 3 amide bonds. The zero-order chi connectivity index (χ0) is 46.2. The smallest absolute Gasteiger partial charge is 0.255 e. The van der Waals surface area contributed by atoms with Gasteiger partial charge in [-0.2, -0.15) is 15.2 Å². The van der Waals surface area contributed by atoms with E-state index in [-0.39, 0.29) is 29.6 Å². The molecule has 68 heavy (non-hydrogen) atoms. The largest absolute Gasteiger partial charge is 0.477 e. The fourth-order valence-corrected chi connectivity index (χ4v) is 13.4. The van der Waals surface area contributed by atoms with Crippen LogP contribution in [0, 0.1) is 22.2 Å². The lowest BCUT2D eigenvalue weighted by molar-refractivity contribution is -0.136. The second-order valence-corrected chi connectivity index (χ2v) is 21.4. The third kappa shape index (κ3) is 7.54.